The molecule has 0 radical (unpaired) electrons. The van der Waals surface area contributed by atoms with Gasteiger partial charge in [-0.2, -0.15) is 0 Å². The van der Waals surface area contributed by atoms with Crippen molar-refractivity contribution in [3.8, 4) is 11.4 Å². The van der Waals surface area contributed by atoms with E-state index in [1.807, 2.05) is 19.0 Å². The van der Waals surface area contributed by atoms with E-state index in [1.165, 1.54) is 12.1 Å². The van der Waals surface area contributed by atoms with Gasteiger partial charge in [-0.25, -0.2) is 13.2 Å². The van der Waals surface area contributed by atoms with Crippen molar-refractivity contribution in [3.63, 3.8) is 0 Å². The first-order valence-electron chi connectivity index (χ1n) is 9.27. The van der Waals surface area contributed by atoms with Gasteiger partial charge in [0, 0.05) is 30.3 Å². The Morgan fingerprint density at radius 1 is 1.03 bits per heavy atom. The van der Waals surface area contributed by atoms with Crippen LogP contribution in [0.3, 0.4) is 0 Å². The third kappa shape index (κ3) is 4.77. The lowest BCUT2D eigenvalue weighted by molar-refractivity contribution is 0.103. The molecular formula is C22H20F3N3O3. The number of benzene rings is 2. The summed E-state index contributed by atoms with van der Waals surface area (Å²) in [5.41, 5.74) is 4.36. The number of halogens is 3. The van der Waals surface area contributed by atoms with Crippen molar-refractivity contribution in [2.24, 2.45) is 0 Å². The molecule has 0 saturated carbocycles. The van der Waals surface area contributed by atoms with Crippen LogP contribution in [0.4, 0.5) is 19.0 Å². The van der Waals surface area contributed by atoms with E-state index in [9.17, 15) is 22.8 Å². The number of ether oxygens (including phenoxy) is 1. The highest BCUT2D eigenvalue weighted by molar-refractivity contribution is 6.11. The Labute approximate surface area is 176 Å². The van der Waals surface area contributed by atoms with Crippen LogP contribution in [0.1, 0.15) is 15.9 Å². The van der Waals surface area contributed by atoms with Crippen molar-refractivity contribution in [2.45, 2.75) is 0 Å². The number of pyridine rings is 1. The van der Waals surface area contributed by atoms with Crippen LogP contribution in [0.2, 0.25) is 0 Å². The molecule has 6 nitrogen and oxygen atoms in total. The number of hydrogen-bond acceptors (Lipinski definition) is 5. The Bertz CT molecular complexity index is 1150. The van der Waals surface area contributed by atoms with Gasteiger partial charge in [0.2, 0.25) is 0 Å². The highest BCUT2D eigenvalue weighted by atomic mass is 19.1. The van der Waals surface area contributed by atoms with Crippen molar-refractivity contribution in [1.82, 2.24) is 9.47 Å². The Kier molecular flexibility index (Phi) is 6.45. The lowest BCUT2D eigenvalue weighted by Gasteiger charge is -2.16. The van der Waals surface area contributed by atoms with E-state index in [2.05, 4.69) is 0 Å². The van der Waals surface area contributed by atoms with Gasteiger partial charge in [-0.1, -0.05) is 0 Å². The third-order valence-corrected chi connectivity index (χ3v) is 4.50. The minimum Gasteiger partial charge on any atom is -0.492 e. The van der Waals surface area contributed by atoms with Gasteiger partial charge in [0.15, 0.2) is 17.4 Å². The van der Waals surface area contributed by atoms with Crippen LogP contribution in [0.25, 0.3) is 5.69 Å². The average Bonchev–Trinajstić information content (AvgIpc) is 2.70. The summed E-state index contributed by atoms with van der Waals surface area (Å²) in [6, 6.07) is 8.69. The third-order valence-electron chi connectivity index (χ3n) is 4.50. The number of anilines is 1. The number of nitrogen functional groups attached to an aromatic ring is 1. The summed E-state index contributed by atoms with van der Waals surface area (Å²) in [4.78, 5) is 27.0. The van der Waals surface area contributed by atoms with E-state index in [4.69, 9.17) is 10.5 Å². The molecule has 1 heterocycles. The number of likely N-dealkylation sites (N-methyl/N-ethyl adjacent to an activating group) is 1. The van der Waals surface area contributed by atoms with Crippen molar-refractivity contribution >= 4 is 11.6 Å². The van der Waals surface area contributed by atoms with Crippen molar-refractivity contribution in [2.75, 3.05) is 33.0 Å². The van der Waals surface area contributed by atoms with Crippen LogP contribution >= 0.6 is 0 Å². The Morgan fingerprint density at radius 2 is 1.65 bits per heavy atom. The zero-order chi connectivity index (χ0) is 22.7. The van der Waals surface area contributed by atoms with E-state index in [1.54, 1.807) is 0 Å². The van der Waals surface area contributed by atoms with Gasteiger partial charge in [-0.3, -0.25) is 14.2 Å². The highest BCUT2D eigenvalue weighted by Gasteiger charge is 2.22. The summed E-state index contributed by atoms with van der Waals surface area (Å²) < 4.78 is 48.6. The predicted octanol–water partition coefficient (Wildman–Crippen LogP) is 3.01. The Balaban J connectivity index is 2.03. The maximum Gasteiger partial charge on any atom is 0.256 e. The quantitative estimate of drug-likeness (QED) is 0.582. The molecule has 0 aliphatic rings. The molecule has 0 amide bonds. The molecule has 3 aromatic rings. The van der Waals surface area contributed by atoms with E-state index in [-0.39, 0.29) is 23.5 Å². The second-order valence-electron chi connectivity index (χ2n) is 7.03. The largest absolute Gasteiger partial charge is 0.492 e. The molecule has 0 aliphatic carbocycles. The molecule has 0 unspecified atom stereocenters. The lowest BCUT2D eigenvalue weighted by Crippen LogP contribution is -2.25. The minimum absolute atomic E-state index is 0.0502. The molecular weight excluding hydrogens is 411 g/mol. The summed E-state index contributed by atoms with van der Waals surface area (Å²) >= 11 is 0. The molecule has 31 heavy (non-hydrogen) atoms. The van der Waals surface area contributed by atoms with Crippen molar-refractivity contribution in [1.29, 1.82) is 0 Å². The molecule has 162 valence electrons. The number of hydrogen-bond donors (Lipinski definition) is 1. The zero-order valence-electron chi connectivity index (χ0n) is 16.9. The molecule has 0 spiro atoms. The number of aromatic nitrogens is 1. The van der Waals surface area contributed by atoms with Crippen LogP contribution in [-0.4, -0.2) is 42.5 Å². The molecule has 2 aromatic carbocycles. The summed E-state index contributed by atoms with van der Waals surface area (Å²) in [6.07, 6.45) is 0. The van der Waals surface area contributed by atoms with Gasteiger partial charge in [0.05, 0.1) is 5.56 Å². The molecule has 0 saturated heterocycles. The van der Waals surface area contributed by atoms with E-state index in [0.29, 0.717) is 11.1 Å². The van der Waals surface area contributed by atoms with E-state index < -0.39 is 40.3 Å². The molecule has 0 aliphatic heterocycles. The van der Waals surface area contributed by atoms with Crippen LogP contribution in [-0.2, 0) is 0 Å². The second kappa shape index (κ2) is 9.05. The maximum atomic E-state index is 14.8. The molecule has 3 rings (SSSR count). The predicted molar refractivity (Wildman–Crippen MR) is 110 cm³/mol. The van der Waals surface area contributed by atoms with Crippen LogP contribution in [0.15, 0.2) is 53.3 Å². The lowest BCUT2D eigenvalue weighted by atomic mass is 10.0. The van der Waals surface area contributed by atoms with E-state index in [0.717, 1.165) is 36.4 Å². The van der Waals surface area contributed by atoms with Crippen LogP contribution in [0.5, 0.6) is 5.75 Å². The first-order valence-corrected chi connectivity index (χ1v) is 9.27. The smallest absolute Gasteiger partial charge is 0.256 e. The second-order valence-corrected chi connectivity index (χ2v) is 7.03. The van der Waals surface area contributed by atoms with Gasteiger partial charge in [-0.15, -0.1) is 0 Å². The van der Waals surface area contributed by atoms with Crippen LogP contribution in [0, 0.1) is 17.5 Å². The number of ketones is 1. The minimum atomic E-state index is -1.08. The Hall–Kier alpha value is -3.59. The highest BCUT2D eigenvalue weighted by Crippen LogP contribution is 2.26. The normalized spacial score (nSPS) is 11.0. The molecule has 0 atom stereocenters. The number of nitrogens with zero attached hydrogens (tertiary/aromatic N) is 2. The molecule has 0 bridgehead atoms. The van der Waals surface area contributed by atoms with Gasteiger partial charge >= 0.3 is 0 Å². The summed E-state index contributed by atoms with van der Waals surface area (Å²) in [5, 5.41) is 0. The fourth-order valence-corrected chi connectivity index (χ4v) is 2.92. The molecule has 0 fully saturated rings. The first kappa shape index (κ1) is 22.1. The first-order chi connectivity index (χ1) is 14.7. The molecule has 9 heteroatoms. The standard InChI is InChI=1S/C22H20F3N3O3/c1-27(2)9-10-31-15-11-17(24)20(18(25)12-15)28-19(29)8-7-16(22(28)26)21(30)13-3-5-14(23)6-4-13/h3-8,11-12H,9-10,26H2,1-2H3. The fraction of sp³-hybridized carbons (Fsp3) is 0.182. The monoisotopic (exact) mass is 431 g/mol. The summed E-state index contributed by atoms with van der Waals surface area (Å²) in [6.45, 7) is 0.736. The molecule has 1 aromatic heterocycles. The zero-order valence-corrected chi connectivity index (χ0v) is 16.9. The van der Waals surface area contributed by atoms with E-state index >= 15 is 0 Å². The summed E-state index contributed by atoms with van der Waals surface area (Å²) in [7, 11) is 3.64. The molecule has 2 N–H and O–H groups in total. The van der Waals surface area contributed by atoms with Crippen molar-refractivity contribution in [3.05, 3.63) is 87.5 Å². The van der Waals surface area contributed by atoms with Gasteiger partial charge in [0.1, 0.15) is 29.7 Å². The van der Waals surface area contributed by atoms with Gasteiger partial charge in [-0.05, 0) is 44.4 Å². The average molecular weight is 431 g/mol. The number of rotatable bonds is 7. The SMILES string of the molecule is CN(C)CCOc1cc(F)c(-n2c(N)c(C(=O)c3ccc(F)cc3)ccc2=O)c(F)c1. The van der Waals surface area contributed by atoms with Gasteiger partial charge < -0.3 is 15.4 Å². The summed E-state index contributed by atoms with van der Waals surface area (Å²) in [5.74, 6) is -3.83. The topological polar surface area (TPSA) is 77.6 Å². The maximum absolute atomic E-state index is 14.8. The number of nitrogens with two attached hydrogens (primary N) is 1. The number of carbonyl (C=O) groups excluding carboxylic acids is 1. The Morgan fingerprint density at radius 3 is 2.23 bits per heavy atom. The van der Waals surface area contributed by atoms with Crippen LogP contribution < -0.4 is 16.0 Å². The number of carbonyl (C=O) groups is 1. The fourth-order valence-electron chi connectivity index (χ4n) is 2.92. The van der Waals surface area contributed by atoms with Gasteiger partial charge in [0.25, 0.3) is 5.56 Å². The van der Waals surface area contributed by atoms with Crippen molar-refractivity contribution < 1.29 is 22.7 Å².